The Hall–Kier alpha value is -2.78. The molecule has 0 fully saturated rings. The second-order valence-electron chi connectivity index (χ2n) is 7.92. The molecule has 0 unspecified atom stereocenters. The lowest BCUT2D eigenvalue weighted by molar-refractivity contribution is -0.118. The summed E-state index contributed by atoms with van der Waals surface area (Å²) >= 11 is 0. The Morgan fingerprint density at radius 3 is 2.38 bits per heavy atom. The topological polar surface area (TPSA) is 142 Å². The van der Waals surface area contributed by atoms with E-state index in [1.54, 1.807) is 0 Å². The number of carbonyl (C=O) groups is 2. The van der Waals surface area contributed by atoms with Crippen molar-refractivity contribution < 1.29 is 9.59 Å². The summed E-state index contributed by atoms with van der Waals surface area (Å²) in [5.74, 6) is -0.204. The minimum Gasteiger partial charge on any atom is -0.383 e. The highest BCUT2D eigenvalue weighted by Gasteiger charge is 2.22. The third-order valence-corrected chi connectivity index (χ3v) is 4.11. The summed E-state index contributed by atoms with van der Waals surface area (Å²) in [6, 6.07) is -0.594. The molecule has 0 aliphatic carbocycles. The Labute approximate surface area is 170 Å². The molecule has 10 heteroatoms. The molecule has 0 spiro atoms. The molecule has 0 aromatic carbocycles. The molecule has 1 aromatic heterocycles. The normalized spacial score (nSPS) is 11.0. The maximum absolute atomic E-state index is 12.5. The van der Waals surface area contributed by atoms with Gasteiger partial charge in [-0.15, -0.1) is 0 Å². The zero-order valence-electron chi connectivity index (χ0n) is 18.0. The number of rotatable bonds is 10. The second kappa shape index (κ2) is 11.3. The zero-order chi connectivity index (χ0) is 22.1. The highest BCUT2D eigenvalue weighted by Crippen LogP contribution is 2.18. The molecule has 1 heterocycles. The molecule has 0 atom stereocenters. The monoisotopic (exact) mass is 410 g/mol. The van der Waals surface area contributed by atoms with Crippen molar-refractivity contribution in [2.75, 3.05) is 30.3 Å². The fraction of sp³-hybridized carbons (Fsp3) is 0.684. The number of amides is 3. The number of imide groups is 1. The van der Waals surface area contributed by atoms with E-state index < -0.39 is 23.2 Å². The number of nitrogens with one attached hydrogen (secondary N) is 3. The molecule has 3 amide bonds. The van der Waals surface area contributed by atoms with E-state index in [-0.39, 0.29) is 29.9 Å². The maximum Gasteiger partial charge on any atom is 0.330 e. The van der Waals surface area contributed by atoms with Crippen molar-refractivity contribution in [2.24, 2.45) is 11.8 Å². The first kappa shape index (κ1) is 24.3. The average molecular weight is 411 g/mol. The minimum atomic E-state index is -0.655. The lowest BCUT2D eigenvalue weighted by Crippen LogP contribution is -2.48. The van der Waals surface area contributed by atoms with E-state index in [9.17, 15) is 19.2 Å². The van der Waals surface area contributed by atoms with E-state index in [1.165, 1.54) is 9.47 Å². The number of urea groups is 1. The van der Waals surface area contributed by atoms with Crippen LogP contribution in [0.15, 0.2) is 9.59 Å². The van der Waals surface area contributed by atoms with Crippen LogP contribution in [0.25, 0.3) is 0 Å². The van der Waals surface area contributed by atoms with Crippen molar-refractivity contribution in [3.63, 3.8) is 0 Å². The highest BCUT2D eigenvalue weighted by atomic mass is 16.2. The number of unbranched alkanes of at least 4 members (excludes halogenated alkanes) is 1. The van der Waals surface area contributed by atoms with E-state index in [4.69, 9.17) is 5.73 Å². The number of anilines is 2. The van der Waals surface area contributed by atoms with Crippen LogP contribution in [0.4, 0.5) is 16.3 Å². The van der Waals surface area contributed by atoms with Crippen LogP contribution < -0.4 is 32.5 Å². The van der Waals surface area contributed by atoms with Gasteiger partial charge in [0.2, 0.25) is 5.91 Å². The number of aromatic nitrogens is 2. The number of nitrogen functional groups attached to an aromatic ring is 1. The van der Waals surface area contributed by atoms with Gasteiger partial charge in [-0.05, 0) is 18.3 Å². The van der Waals surface area contributed by atoms with Gasteiger partial charge < -0.3 is 16.0 Å². The highest BCUT2D eigenvalue weighted by molar-refractivity contribution is 5.96. The molecule has 0 bridgehead atoms. The van der Waals surface area contributed by atoms with Crippen LogP contribution in [0.1, 0.15) is 47.5 Å². The number of carbonyl (C=O) groups excluding carboxylic acids is 2. The summed E-state index contributed by atoms with van der Waals surface area (Å²) in [7, 11) is 0. The summed E-state index contributed by atoms with van der Waals surface area (Å²) < 4.78 is 1.31. The van der Waals surface area contributed by atoms with Crippen molar-refractivity contribution in [3.05, 3.63) is 20.8 Å². The molecule has 1 aromatic rings. The Balaban J connectivity index is 3.12. The molecular weight excluding hydrogens is 376 g/mol. The Bertz CT molecular complexity index is 812. The fourth-order valence-corrected chi connectivity index (χ4v) is 2.78. The van der Waals surface area contributed by atoms with Crippen molar-refractivity contribution >= 4 is 23.4 Å². The van der Waals surface area contributed by atoms with Crippen molar-refractivity contribution in [1.82, 2.24) is 20.2 Å². The predicted molar refractivity (Wildman–Crippen MR) is 114 cm³/mol. The van der Waals surface area contributed by atoms with E-state index in [1.807, 2.05) is 34.6 Å². The van der Waals surface area contributed by atoms with E-state index >= 15 is 0 Å². The van der Waals surface area contributed by atoms with Crippen LogP contribution in [0.5, 0.6) is 0 Å². The molecule has 10 nitrogen and oxygen atoms in total. The largest absolute Gasteiger partial charge is 0.383 e. The lowest BCUT2D eigenvalue weighted by atomic mass is 10.2. The average Bonchev–Trinajstić information content (AvgIpc) is 2.58. The van der Waals surface area contributed by atoms with E-state index in [0.717, 1.165) is 12.8 Å². The van der Waals surface area contributed by atoms with Gasteiger partial charge >= 0.3 is 11.7 Å². The van der Waals surface area contributed by atoms with Gasteiger partial charge in [0.05, 0.1) is 6.54 Å². The van der Waals surface area contributed by atoms with Crippen LogP contribution >= 0.6 is 0 Å². The molecule has 0 aliphatic heterocycles. The van der Waals surface area contributed by atoms with Crippen LogP contribution in [0.3, 0.4) is 0 Å². The number of hydrogen-bond acceptors (Lipinski definition) is 6. The first-order valence-corrected chi connectivity index (χ1v) is 10.0. The van der Waals surface area contributed by atoms with E-state index in [2.05, 4.69) is 15.6 Å². The molecule has 0 radical (unpaired) electrons. The van der Waals surface area contributed by atoms with E-state index in [0.29, 0.717) is 19.6 Å². The lowest BCUT2D eigenvalue weighted by Gasteiger charge is -2.27. The molecular formula is C19H34N6O4. The summed E-state index contributed by atoms with van der Waals surface area (Å²) in [6.45, 7) is 10.6. The summed E-state index contributed by atoms with van der Waals surface area (Å²) in [5.41, 5.74) is 4.98. The van der Waals surface area contributed by atoms with Gasteiger partial charge in [0.25, 0.3) is 5.56 Å². The first-order valence-electron chi connectivity index (χ1n) is 10.0. The van der Waals surface area contributed by atoms with Gasteiger partial charge in [0, 0.05) is 19.6 Å². The Morgan fingerprint density at radius 1 is 1.17 bits per heavy atom. The molecule has 0 aliphatic rings. The van der Waals surface area contributed by atoms with Gasteiger partial charge in [-0.25, -0.2) is 9.59 Å². The third-order valence-electron chi connectivity index (χ3n) is 4.11. The summed E-state index contributed by atoms with van der Waals surface area (Å²) in [4.78, 5) is 52.6. The zero-order valence-corrected chi connectivity index (χ0v) is 18.0. The molecule has 1 rings (SSSR count). The smallest absolute Gasteiger partial charge is 0.330 e. The van der Waals surface area contributed by atoms with Gasteiger partial charge in [0.15, 0.2) is 0 Å². The van der Waals surface area contributed by atoms with Gasteiger partial charge in [0.1, 0.15) is 11.5 Å². The van der Waals surface area contributed by atoms with Crippen LogP contribution in [-0.4, -0.2) is 41.1 Å². The number of nitrogens with zero attached hydrogens (tertiary/aromatic N) is 2. The van der Waals surface area contributed by atoms with Crippen LogP contribution in [0, 0.1) is 11.8 Å². The number of H-pyrrole nitrogens is 1. The van der Waals surface area contributed by atoms with Gasteiger partial charge in [-0.2, -0.15) is 0 Å². The number of aromatic amines is 1. The van der Waals surface area contributed by atoms with Crippen molar-refractivity contribution in [1.29, 1.82) is 0 Å². The first-order chi connectivity index (χ1) is 13.6. The fourth-order valence-electron chi connectivity index (χ4n) is 2.78. The SMILES string of the molecule is CCCCn1c(N)c(N(CC(=O)NC(=O)NCC(C)C)CC(C)C)c(=O)[nH]c1=O. The van der Waals surface area contributed by atoms with Crippen LogP contribution in [-0.2, 0) is 11.3 Å². The molecule has 5 N–H and O–H groups in total. The Morgan fingerprint density at radius 2 is 1.83 bits per heavy atom. The molecule has 0 saturated carbocycles. The minimum absolute atomic E-state index is 0.0184. The number of hydrogen-bond donors (Lipinski definition) is 4. The second-order valence-corrected chi connectivity index (χ2v) is 7.92. The van der Waals surface area contributed by atoms with Gasteiger partial charge in [-0.3, -0.25) is 24.5 Å². The quantitative estimate of drug-likeness (QED) is 0.451. The summed E-state index contributed by atoms with van der Waals surface area (Å²) in [5, 5.41) is 4.86. The molecule has 29 heavy (non-hydrogen) atoms. The summed E-state index contributed by atoms with van der Waals surface area (Å²) in [6.07, 6.45) is 1.57. The molecule has 0 saturated heterocycles. The third kappa shape index (κ3) is 7.63. The van der Waals surface area contributed by atoms with Crippen LogP contribution in [0.2, 0.25) is 0 Å². The van der Waals surface area contributed by atoms with Crippen molar-refractivity contribution in [2.45, 2.75) is 54.0 Å². The molecule has 164 valence electrons. The maximum atomic E-state index is 12.5. The number of nitrogens with two attached hydrogens (primary N) is 1. The Kier molecular flexibility index (Phi) is 9.43. The van der Waals surface area contributed by atoms with Gasteiger partial charge in [-0.1, -0.05) is 41.0 Å². The predicted octanol–water partition coefficient (Wildman–Crippen LogP) is 0.863. The van der Waals surface area contributed by atoms with Crippen molar-refractivity contribution in [3.8, 4) is 0 Å². The standard InChI is InChI=1S/C19H34N6O4/c1-6-7-8-25-16(20)15(17(27)23-19(25)29)24(10-13(4)5)11-14(26)22-18(28)21-9-12(2)3/h12-13H,6-11,20H2,1-5H3,(H,23,27,29)(H2,21,22,26,28).